The van der Waals surface area contributed by atoms with E-state index in [1.807, 2.05) is 12.1 Å². The normalized spacial score (nSPS) is 26.9. The van der Waals surface area contributed by atoms with Crippen molar-refractivity contribution in [2.45, 2.75) is 43.3 Å². The Hall–Kier alpha value is -4.01. The molecule has 0 radical (unpaired) electrons. The van der Waals surface area contributed by atoms with Gasteiger partial charge in [0.15, 0.2) is 5.65 Å². The smallest absolute Gasteiger partial charge is 0.322 e. The average molecular weight is 478 g/mol. The SMILES string of the molecule is N#COCOc1nc(C(=O)NC23CC(C2)C3)cc(N2CCC(c3n[nH]c4ncccc34)C(F)C2)n1. The number of nitrogens with one attached hydrogen (secondary N) is 2. The van der Waals surface area contributed by atoms with Gasteiger partial charge in [0.1, 0.15) is 17.7 Å². The average Bonchev–Trinajstić information content (AvgIpc) is 3.24. The van der Waals surface area contributed by atoms with E-state index in [1.165, 1.54) is 6.26 Å². The van der Waals surface area contributed by atoms with Crippen LogP contribution in [0.2, 0.25) is 0 Å². The molecule has 1 saturated heterocycles. The van der Waals surface area contributed by atoms with Crippen molar-refractivity contribution in [3.05, 3.63) is 35.8 Å². The number of aromatic nitrogens is 5. The second kappa shape index (κ2) is 8.33. The molecule has 4 aliphatic rings. The van der Waals surface area contributed by atoms with E-state index >= 15 is 4.39 Å². The first-order valence-electron chi connectivity index (χ1n) is 11.6. The molecule has 4 heterocycles. The Balaban J connectivity index is 1.22. The molecule has 3 aromatic heterocycles. The van der Waals surface area contributed by atoms with E-state index in [4.69, 9.17) is 10.00 Å². The second-order valence-corrected chi connectivity index (χ2v) is 9.47. The minimum atomic E-state index is -1.21. The molecule has 1 amide bonds. The van der Waals surface area contributed by atoms with Gasteiger partial charge >= 0.3 is 6.01 Å². The number of rotatable bonds is 7. The van der Waals surface area contributed by atoms with E-state index in [1.54, 1.807) is 17.2 Å². The van der Waals surface area contributed by atoms with Gasteiger partial charge in [0.05, 0.1) is 12.2 Å². The third kappa shape index (κ3) is 3.86. The summed E-state index contributed by atoms with van der Waals surface area (Å²) in [4.78, 5) is 27.5. The molecule has 180 valence electrons. The van der Waals surface area contributed by atoms with Crippen LogP contribution in [0.5, 0.6) is 6.01 Å². The number of carbonyl (C=O) groups is 1. The highest BCUT2D eigenvalue weighted by atomic mass is 19.1. The fraction of sp³-hybridized carbons (Fsp3) is 0.478. The van der Waals surface area contributed by atoms with E-state index in [9.17, 15) is 4.79 Å². The first-order valence-corrected chi connectivity index (χ1v) is 11.6. The van der Waals surface area contributed by atoms with Crippen LogP contribution in [0.25, 0.3) is 11.0 Å². The van der Waals surface area contributed by atoms with E-state index in [-0.39, 0.29) is 36.5 Å². The standard InChI is InChI=1S/C23H23FN8O3/c24-16-10-32(5-3-14(16)19-15-2-1-4-26-20(15)31-30-19)18-6-17(27-22(28-18)35-12-34-11-25)21(33)29-23-7-13(8-23)9-23/h1-2,4,6,13-14,16H,3,5,7-10,12H2,(H,29,33)(H,26,30,31). The van der Waals surface area contributed by atoms with Crippen molar-refractivity contribution in [2.24, 2.45) is 5.92 Å². The van der Waals surface area contributed by atoms with Gasteiger partial charge in [-0.25, -0.2) is 9.37 Å². The quantitative estimate of drug-likeness (QED) is 0.297. The molecule has 11 nitrogen and oxygen atoms in total. The number of piperidine rings is 1. The molecule has 2 unspecified atom stereocenters. The Bertz CT molecular complexity index is 1310. The summed E-state index contributed by atoms with van der Waals surface area (Å²) in [6, 6.07) is 5.14. The zero-order chi connectivity index (χ0) is 24.0. The number of hydrogen-bond donors (Lipinski definition) is 2. The summed E-state index contributed by atoms with van der Waals surface area (Å²) < 4.78 is 25.3. The van der Waals surface area contributed by atoms with Gasteiger partial charge in [-0.05, 0) is 43.7 Å². The van der Waals surface area contributed by atoms with E-state index in [0.717, 1.165) is 24.6 Å². The third-order valence-corrected chi connectivity index (χ3v) is 7.24. The predicted octanol–water partition coefficient (Wildman–Crippen LogP) is 2.20. The highest BCUT2D eigenvalue weighted by Gasteiger charge is 2.57. The summed E-state index contributed by atoms with van der Waals surface area (Å²) in [5, 5.41) is 19.7. The highest BCUT2D eigenvalue weighted by Crippen LogP contribution is 2.57. The molecule has 0 spiro atoms. The van der Waals surface area contributed by atoms with Gasteiger partial charge in [0.2, 0.25) is 6.79 Å². The number of H-pyrrole nitrogens is 1. The van der Waals surface area contributed by atoms with Crippen molar-refractivity contribution in [1.29, 1.82) is 5.26 Å². The van der Waals surface area contributed by atoms with Gasteiger partial charge in [0, 0.05) is 35.7 Å². The largest absolute Gasteiger partial charge is 0.425 e. The van der Waals surface area contributed by atoms with Crippen LogP contribution >= 0.6 is 0 Å². The number of nitrogens with zero attached hydrogens (tertiary/aromatic N) is 6. The number of ether oxygens (including phenoxy) is 2. The number of hydrogen-bond acceptors (Lipinski definition) is 9. The number of alkyl halides is 1. The lowest BCUT2D eigenvalue weighted by atomic mass is 9.50. The van der Waals surface area contributed by atoms with Gasteiger partial charge in [0.25, 0.3) is 12.2 Å². The van der Waals surface area contributed by atoms with Crippen LogP contribution in [0.1, 0.15) is 47.8 Å². The van der Waals surface area contributed by atoms with Gasteiger partial charge < -0.3 is 19.7 Å². The number of pyridine rings is 1. The van der Waals surface area contributed by atoms with Crippen molar-refractivity contribution in [3.8, 4) is 12.3 Å². The minimum absolute atomic E-state index is 0.0666. The Morgan fingerprint density at radius 1 is 1.37 bits per heavy atom. The summed E-state index contributed by atoms with van der Waals surface area (Å²) in [5.41, 5.74) is 1.31. The molecule has 3 aliphatic carbocycles. The molecule has 2 bridgehead atoms. The minimum Gasteiger partial charge on any atom is -0.425 e. The lowest BCUT2D eigenvalue weighted by molar-refractivity contribution is -0.0440. The number of amides is 1. The topological polar surface area (TPSA) is 142 Å². The van der Waals surface area contributed by atoms with Crippen LogP contribution in [0.15, 0.2) is 24.4 Å². The Morgan fingerprint density at radius 2 is 2.23 bits per heavy atom. The number of anilines is 1. The lowest BCUT2D eigenvalue weighted by Gasteiger charge is -2.61. The summed E-state index contributed by atoms with van der Waals surface area (Å²) in [5.74, 6) is 0.380. The molecule has 2 N–H and O–H groups in total. The molecular formula is C23H23FN8O3. The van der Waals surface area contributed by atoms with Crippen LogP contribution in [-0.2, 0) is 4.74 Å². The summed E-state index contributed by atoms with van der Waals surface area (Å²) in [6.07, 6.45) is 5.43. The summed E-state index contributed by atoms with van der Waals surface area (Å²) >= 11 is 0. The fourth-order valence-corrected chi connectivity index (χ4v) is 5.38. The van der Waals surface area contributed by atoms with E-state index in [2.05, 4.69) is 35.2 Å². The number of nitriles is 1. The van der Waals surface area contributed by atoms with Gasteiger partial charge in [-0.3, -0.25) is 9.89 Å². The maximum Gasteiger partial charge on any atom is 0.322 e. The van der Waals surface area contributed by atoms with Gasteiger partial charge in [-0.2, -0.15) is 20.3 Å². The van der Waals surface area contributed by atoms with Gasteiger partial charge in [-0.1, -0.05) is 0 Å². The monoisotopic (exact) mass is 478 g/mol. The molecule has 3 saturated carbocycles. The van der Waals surface area contributed by atoms with Gasteiger partial charge in [-0.15, -0.1) is 0 Å². The third-order valence-electron chi connectivity index (χ3n) is 7.24. The second-order valence-electron chi connectivity index (χ2n) is 9.47. The molecule has 2 atom stereocenters. The molecule has 35 heavy (non-hydrogen) atoms. The lowest BCUT2D eigenvalue weighted by Crippen LogP contribution is -2.68. The van der Waals surface area contributed by atoms with Crippen molar-refractivity contribution in [3.63, 3.8) is 0 Å². The van der Waals surface area contributed by atoms with Crippen LogP contribution in [0.3, 0.4) is 0 Å². The molecule has 1 aliphatic heterocycles. The molecule has 0 aromatic carbocycles. The zero-order valence-corrected chi connectivity index (χ0v) is 18.8. The Labute approximate surface area is 199 Å². The van der Waals surface area contributed by atoms with Crippen molar-refractivity contribution < 1.29 is 18.7 Å². The Morgan fingerprint density at radius 3 is 2.97 bits per heavy atom. The first kappa shape index (κ1) is 21.5. The first-order chi connectivity index (χ1) is 17.0. The van der Waals surface area contributed by atoms with Crippen molar-refractivity contribution >= 4 is 22.8 Å². The molecule has 7 rings (SSSR count). The summed E-state index contributed by atoms with van der Waals surface area (Å²) in [6.45, 7) is 0.176. The van der Waals surface area contributed by atoms with Crippen molar-refractivity contribution in [2.75, 3.05) is 24.8 Å². The van der Waals surface area contributed by atoms with Crippen molar-refractivity contribution in [1.82, 2.24) is 30.5 Å². The molecular weight excluding hydrogens is 455 g/mol. The van der Waals surface area contributed by atoms with Crippen LogP contribution in [0.4, 0.5) is 10.2 Å². The van der Waals surface area contributed by atoms with Crippen LogP contribution in [0, 0.1) is 17.4 Å². The fourth-order valence-electron chi connectivity index (χ4n) is 5.38. The van der Waals surface area contributed by atoms with Crippen LogP contribution < -0.4 is 15.0 Å². The molecule has 3 aromatic rings. The highest BCUT2D eigenvalue weighted by molar-refractivity contribution is 5.94. The molecule has 4 fully saturated rings. The predicted molar refractivity (Wildman–Crippen MR) is 120 cm³/mol. The number of halogens is 1. The van der Waals surface area contributed by atoms with Crippen LogP contribution in [-0.4, -0.2) is 62.6 Å². The molecule has 12 heteroatoms. The van der Waals surface area contributed by atoms with E-state index < -0.39 is 12.1 Å². The maximum absolute atomic E-state index is 15.4. The number of carbonyl (C=O) groups excluding carboxylic acids is 1. The Kier molecular flexibility index (Phi) is 5.12. The number of aromatic amines is 1. The van der Waals surface area contributed by atoms with E-state index in [0.29, 0.717) is 36.0 Å². The maximum atomic E-state index is 15.4. The number of fused-ring (bicyclic) bond motifs is 1. The zero-order valence-electron chi connectivity index (χ0n) is 18.8. The summed E-state index contributed by atoms with van der Waals surface area (Å²) in [7, 11) is 0.